The van der Waals surface area contributed by atoms with Crippen molar-refractivity contribution in [2.75, 3.05) is 6.54 Å². The third-order valence-electron chi connectivity index (χ3n) is 3.08. The third kappa shape index (κ3) is 2.43. The fraction of sp³-hybridized carbons (Fsp3) is 0.429. The number of hydrogen-bond donors (Lipinski definition) is 1. The molecule has 4 nitrogen and oxygen atoms in total. The van der Waals surface area contributed by atoms with E-state index in [9.17, 15) is 0 Å². The van der Waals surface area contributed by atoms with Crippen molar-refractivity contribution in [3.05, 3.63) is 47.5 Å². The Morgan fingerprint density at radius 1 is 1.17 bits per heavy atom. The quantitative estimate of drug-likeness (QED) is 0.874. The molecule has 18 heavy (non-hydrogen) atoms. The van der Waals surface area contributed by atoms with E-state index in [0.717, 1.165) is 24.5 Å². The minimum atomic E-state index is 0.0777. The second-order valence-corrected chi connectivity index (χ2v) is 4.26. The normalized spacial score (nSPS) is 12.6. The fourth-order valence-corrected chi connectivity index (χ4v) is 2.10. The first-order chi connectivity index (χ1) is 8.80. The van der Waals surface area contributed by atoms with E-state index in [1.54, 1.807) is 0 Å². The summed E-state index contributed by atoms with van der Waals surface area (Å²) in [5.74, 6) is 1.90. The first-order valence-electron chi connectivity index (χ1n) is 6.49. The topological polar surface area (TPSA) is 56.7 Å². The summed E-state index contributed by atoms with van der Waals surface area (Å²) in [7, 11) is 0. The van der Waals surface area contributed by atoms with E-state index in [-0.39, 0.29) is 6.04 Å². The molecule has 2 rings (SSSR count). The van der Waals surface area contributed by atoms with Crippen LogP contribution in [0.3, 0.4) is 0 Å². The van der Waals surface area contributed by atoms with Crippen LogP contribution in [0, 0.1) is 0 Å². The molecule has 0 saturated carbocycles. The zero-order valence-electron chi connectivity index (χ0n) is 11.0. The molecular formula is C14H20N4. The molecule has 0 radical (unpaired) electrons. The zero-order chi connectivity index (χ0) is 13.0. The van der Waals surface area contributed by atoms with E-state index in [2.05, 4.69) is 36.1 Å². The number of hydrogen-bond acceptors (Lipinski definition) is 3. The summed E-state index contributed by atoms with van der Waals surface area (Å²) in [5, 5.41) is 4.57. The maximum atomic E-state index is 5.92. The molecule has 1 atom stereocenters. The van der Waals surface area contributed by atoms with Crippen LogP contribution in [-0.4, -0.2) is 21.3 Å². The van der Waals surface area contributed by atoms with Crippen LogP contribution in [0.15, 0.2) is 30.3 Å². The summed E-state index contributed by atoms with van der Waals surface area (Å²) < 4.78 is 1.98. The lowest BCUT2D eigenvalue weighted by Crippen LogP contribution is -2.23. The molecular weight excluding hydrogens is 224 g/mol. The molecule has 96 valence electrons. The van der Waals surface area contributed by atoms with Crippen molar-refractivity contribution in [3.8, 4) is 0 Å². The van der Waals surface area contributed by atoms with Gasteiger partial charge in [-0.3, -0.25) is 0 Å². The van der Waals surface area contributed by atoms with Gasteiger partial charge in [0.15, 0.2) is 5.82 Å². The van der Waals surface area contributed by atoms with Gasteiger partial charge in [0, 0.05) is 19.4 Å². The summed E-state index contributed by atoms with van der Waals surface area (Å²) in [6.45, 7) is 4.70. The van der Waals surface area contributed by atoms with Crippen LogP contribution in [0.5, 0.6) is 0 Å². The van der Waals surface area contributed by atoms with Gasteiger partial charge in [0.05, 0.1) is 6.04 Å². The molecule has 1 unspecified atom stereocenters. The van der Waals surface area contributed by atoms with Crippen molar-refractivity contribution in [2.45, 2.75) is 32.7 Å². The lowest BCUT2D eigenvalue weighted by molar-refractivity contribution is 0.505. The van der Waals surface area contributed by atoms with Crippen LogP contribution in [0.2, 0.25) is 0 Å². The van der Waals surface area contributed by atoms with Crippen LogP contribution in [-0.2, 0) is 12.8 Å². The zero-order valence-corrected chi connectivity index (χ0v) is 11.0. The van der Waals surface area contributed by atoms with Gasteiger partial charge in [-0.1, -0.05) is 44.2 Å². The summed E-state index contributed by atoms with van der Waals surface area (Å²) >= 11 is 0. The summed E-state index contributed by atoms with van der Waals surface area (Å²) in [6, 6.07) is 10.3. The summed E-state index contributed by atoms with van der Waals surface area (Å²) in [4.78, 5) is 4.54. The van der Waals surface area contributed by atoms with E-state index in [1.807, 2.05) is 22.9 Å². The minimum Gasteiger partial charge on any atom is -0.328 e. The van der Waals surface area contributed by atoms with Gasteiger partial charge >= 0.3 is 0 Å². The number of benzene rings is 1. The monoisotopic (exact) mass is 244 g/mol. The molecule has 0 amide bonds. The molecule has 0 aliphatic rings. The van der Waals surface area contributed by atoms with Gasteiger partial charge in [-0.15, -0.1) is 0 Å². The predicted octanol–water partition coefficient (Wildman–Crippen LogP) is 1.95. The third-order valence-corrected chi connectivity index (χ3v) is 3.08. The van der Waals surface area contributed by atoms with E-state index in [1.165, 1.54) is 5.56 Å². The Bertz CT molecular complexity index is 490. The fourth-order valence-electron chi connectivity index (χ4n) is 2.10. The molecule has 2 N–H and O–H groups in total. The van der Waals surface area contributed by atoms with Crippen LogP contribution >= 0.6 is 0 Å². The first-order valence-corrected chi connectivity index (χ1v) is 6.49. The standard InChI is InChI=1S/C14H20N4/c1-3-13-16-14(4-2)18(17-13)12(10-15)11-8-6-5-7-9-11/h5-9,12H,3-4,10,15H2,1-2H3. The maximum Gasteiger partial charge on any atom is 0.150 e. The van der Waals surface area contributed by atoms with E-state index in [4.69, 9.17) is 5.73 Å². The number of rotatable bonds is 5. The van der Waals surface area contributed by atoms with Gasteiger partial charge in [0.25, 0.3) is 0 Å². The number of aryl methyl sites for hydroxylation is 2. The average molecular weight is 244 g/mol. The molecule has 4 heteroatoms. The Morgan fingerprint density at radius 3 is 2.44 bits per heavy atom. The van der Waals surface area contributed by atoms with Crippen molar-refractivity contribution in [1.29, 1.82) is 0 Å². The number of nitrogens with zero attached hydrogens (tertiary/aromatic N) is 3. The molecule has 0 fully saturated rings. The molecule has 0 spiro atoms. The highest BCUT2D eigenvalue weighted by atomic mass is 15.4. The van der Waals surface area contributed by atoms with Crippen LogP contribution in [0.4, 0.5) is 0 Å². The second-order valence-electron chi connectivity index (χ2n) is 4.26. The average Bonchev–Trinajstić information content (AvgIpc) is 2.84. The smallest absolute Gasteiger partial charge is 0.150 e. The van der Waals surface area contributed by atoms with E-state index >= 15 is 0 Å². The first kappa shape index (κ1) is 12.8. The van der Waals surface area contributed by atoms with Gasteiger partial charge < -0.3 is 5.73 Å². The molecule has 2 aromatic rings. The Morgan fingerprint density at radius 2 is 1.89 bits per heavy atom. The molecule has 1 aromatic carbocycles. The van der Waals surface area contributed by atoms with Crippen LogP contribution in [0.25, 0.3) is 0 Å². The van der Waals surface area contributed by atoms with Crippen LogP contribution < -0.4 is 5.73 Å². The summed E-state index contributed by atoms with van der Waals surface area (Å²) in [5.41, 5.74) is 7.11. The van der Waals surface area contributed by atoms with Crippen molar-refractivity contribution in [3.63, 3.8) is 0 Å². The van der Waals surface area contributed by atoms with Gasteiger partial charge in [-0.2, -0.15) is 5.10 Å². The largest absolute Gasteiger partial charge is 0.328 e. The van der Waals surface area contributed by atoms with Crippen molar-refractivity contribution in [2.24, 2.45) is 5.73 Å². The lowest BCUT2D eigenvalue weighted by Gasteiger charge is -2.17. The SMILES string of the molecule is CCc1nc(CC)n(C(CN)c2ccccc2)n1. The Kier molecular flexibility index (Phi) is 4.10. The highest BCUT2D eigenvalue weighted by Gasteiger charge is 2.17. The Labute approximate surface area is 108 Å². The molecule has 0 aliphatic heterocycles. The highest BCUT2D eigenvalue weighted by molar-refractivity contribution is 5.20. The Balaban J connectivity index is 2.41. The van der Waals surface area contributed by atoms with Crippen LogP contribution in [0.1, 0.15) is 37.1 Å². The van der Waals surface area contributed by atoms with Gasteiger partial charge in [0.1, 0.15) is 5.82 Å². The lowest BCUT2D eigenvalue weighted by atomic mass is 10.1. The maximum absolute atomic E-state index is 5.92. The van der Waals surface area contributed by atoms with Crippen molar-refractivity contribution < 1.29 is 0 Å². The number of aromatic nitrogens is 3. The second kappa shape index (κ2) is 5.78. The minimum absolute atomic E-state index is 0.0777. The molecule has 1 aromatic heterocycles. The van der Waals surface area contributed by atoms with Crippen molar-refractivity contribution >= 4 is 0 Å². The number of nitrogens with two attached hydrogens (primary N) is 1. The highest BCUT2D eigenvalue weighted by Crippen LogP contribution is 2.18. The molecule has 0 bridgehead atoms. The van der Waals surface area contributed by atoms with E-state index in [0.29, 0.717) is 6.54 Å². The van der Waals surface area contributed by atoms with E-state index < -0.39 is 0 Å². The van der Waals surface area contributed by atoms with Crippen molar-refractivity contribution in [1.82, 2.24) is 14.8 Å². The molecule has 0 aliphatic carbocycles. The Hall–Kier alpha value is -1.68. The summed E-state index contributed by atoms with van der Waals surface area (Å²) in [6.07, 6.45) is 1.72. The van der Waals surface area contributed by atoms with Gasteiger partial charge in [-0.25, -0.2) is 9.67 Å². The van der Waals surface area contributed by atoms with Gasteiger partial charge in [0.2, 0.25) is 0 Å². The molecule has 1 heterocycles. The predicted molar refractivity (Wildman–Crippen MR) is 72.4 cm³/mol. The molecule has 0 saturated heterocycles. The van der Waals surface area contributed by atoms with Gasteiger partial charge in [-0.05, 0) is 5.56 Å².